The zero-order valence-corrected chi connectivity index (χ0v) is 14.1. The van der Waals surface area contributed by atoms with Crippen molar-refractivity contribution in [1.82, 2.24) is 14.7 Å². The maximum atomic E-state index is 5.41. The Bertz CT molecular complexity index is 953. The molecule has 25 heavy (non-hydrogen) atoms. The fourth-order valence-corrected chi connectivity index (χ4v) is 2.83. The molecule has 0 aliphatic rings. The van der Waals surface area contributed by atoms with Crippen LogP contribution in [0.5, 0.6) is 0 Å². The summed E-state index contributed by atoms with van der Waals surface area (Å²) in [6.45, 7) is 3.66. The monoisotopic (exact) mass is 336 g/mol. The van der Waals surface area contributed by atoms with Gasteiger partial charge in [0.05, 0.1) is 23.8 Å². The molecule has 0 atom stereocenters. The molecule has 0 unspecified atom stereocenters. The van der Waals surface area contributed by atoms with E-state index in [0.29, 0.717) is 18.1 Å². The van der Waals surface area contributed by atoms with E-state index in [4.69, 9.17) is 13.9 Å². The van der Waals surface area contributed by atoms with Gasteiger partial charge in [-0.15, -0.1) is 0 Å². The van der Waals surface area contributed by atoms with Gasteiger partial charge in [0, 0.05) is 12.6 Å². The second kappa shape index (κ2) is 6.84. The molecule has 0 saturated heterocycles. The van der Waals surface area contributed by atoms with Crippen LogP contribution in [-0.2, 0) is 6.54 Å². The van der Waals surface area contributed by atoms with E-state index in [9.17, 15) is 0 Å². The number of rotatable bonds is 7. The van der Waals surface area contributed by atoms with Crippen molar-refractivity contribution in [3.05, 3.63) is 54.4 Å². The number of furan rings is 1. The van der Waals surface area contributed by atoms with Crippen LogP contribution in [0.3, 0.4) is 0 Å². The van der Waals surface area contributed by atoms with Gasteiger partial charge in [-0.3, -0.25) is 0 Å². The third kappa shape index (κ3) is 3.15. The number of benzene rings is 1. The Kier molecular flexibility index (Phi) is 4.24. The van der Waals surface area contributed by atoms with Crippen LogP contribution in [0, 0.1) is 0 Å². The Morgan fingerprint density at radius 1 is 1.12 bits per heavy atom. The number of aromatic nitrogens is 3. The van der Waals surface area contributed by atoms with Crippen molar-refractivity contribution in [3.8, 4) is 11.5 Å². The topological polar surface area (TPSA) is 69.0 Å². The summed E-state index contributed by atoms with van der Waals surface area (Å²) in [5, 5.41) is 7.61. The van der Waals surface area contributed by atoms with Crippen molar-refractivity contribution in [2.75, 3.05) is 11.9 Å². The van der Waals surface area contributed by atoms with Crippen LogP contribution in [-0.4, -0.2) is 21.3 Å². The first-order valence-corrected chi connectivity index (χ1v) is 8.54. The summed E-state index contributed by atoms with van der Waals surface area (Å²) in [4.78, 5) is 4.71. The van der Waals surface area contributed by atoms with Gasteiger partial charge in [-0.2, -0.15) is 0 Å². The summed E-state index contributed by atoms with van der Waals surface area (Å²) < 4.78 is 12.9. The molecule has 3 aromatic heterocycles. The number of hydrogen-bond acceptors (Lipinski definition) is 5. The highest BCUT2D eigenvalue weighted by Crippen LogP contribution is 2.24. The summed E-state index contributed by atoms with van der Waals surface area (Å²) in [6.07, 6.45) is 3.87. The second-order valence-corrected chi connectivity index (χ2v) is 5.95. The number of hydrogen-bond donors (Lipinski definition) is 1. The zero-order valence-electron chi connectivity index (χ0n) is 14.1. The van der Waals surface area contributed by atoms with E-state index in [1.165, 1.54) is 0 Å². The fourth-order valence-electron chi connectivity index (χ4n) is 2.83. The Morgan fingerprint density at radius 3 is 2.88 bits per heavy atom. The Balaban J connectivity index is 1.64. The number of nitrogens with one attached hydrogen (secondary N) is 1. The van der Waals surface area contributed by atoms with Gasteiger partial charge >= 0.3 is 0 Å². The fraction of sp³-hybridized carbons (Fsp3) is 0.263. The standard InChI is InChI=1S/C19H20N4O2/c1-2-3-10-20-19-21-15-7-4-5-8-16(15)23(19)13-14-12-18(25-22-14)17-9-6-11-24-17/h4-9,11-12H,2-3,10,13H2,1H3,(H,20,21). The van der Waals surface area contributed by atoms with E-state index in [1.54, 1.807) is 6.26 Å². The smallest absolute Gasteiger partial charge is 0.204 e. The molecule has 0 amide bonds. The average Bonchev–Trinajstić information content (AvgIpc) is 3.36. The summed E-state index contributed by atoms with van der Waals surface area (Å²) in [5.41, 5.74) is 2.87. The predicted octanol–water partition coefficient (Wildman–Crippen LogP) is 4.54. The van der Waals surface area contributed by atoms with Crippen LogP contribution in [0.2, 0.25) is 0 Å². The van der Waals surface area contributed by atoms with Crippen molar-refractivity contribution < 1.29 is 8.94 Å². The van der Waals surface area contributed by atoms with Gasteiger partial charge in [-0.1, -0.05) is 30.6 Å². The lowest BCUT2D eigenvalue weighted by molar-refractivity contribution is 0.409. The number of fused-ring (bicyclic) bond motifs is 1. The van der Waals surface area contributed by atoms with Crippen LogP contribution < -0.4 is 5.32 Å². The van der Waals surface area contributed by atoms with Crippen LogP contribution >= 0.6 is 0 Å². The van der Waals surface area contributed by atoms with Gasteiger partial charge in [-0.05, 0) is 30.7 Å². The molecule has 0 radical (unpaired) electrons. The van der Waals surface area contributed by atoms with Crippen molar-refractivity contribution in [2.24, 2.45) is 0 Å². The summed E-state index contributed by atoms with van der Waals surface area (Å²) in [5.74, 6) is 2.16. The molecule has 1 aromatic carbocycles. The highest BCUT2D eigenvalue weighted by molar-refractivity contribution is 5.78. The van der Waals surface area contributed by atoms with Crippen molar-refractivity contribution in [3.63, 3.8) is 0 Å². The maximum absolute atomic E-state index is 5.41. The first kappa shape index (κ1) is 15.5. The molecule has 6 heteroatoms. The maximum Gasteiger partial charge on any atom is 0.204 e. The van der Waals surface area contributed by atoms with Gasteiger partial charge < -0.3 is 18.8 Å². The Hall–Kier alpha value is -3.02. The highest BCUT2D eigenvalue weighted by atomic mass is 16.5. The normalized spacial score (nSPS) is 11.2. The largest absolute Gasteiger partial charge is 0.461 e. The molecule has 4 rings (SSSR count). The number of anilines is 1. The van der Waals surface area contributed by atoms with E-state index >= 15 is 0 Å². The lowest BCUT2D eigenvalue weighted by Crippen LogP contribution is -2.09. The minimum absolute atomic E-state index is 0.583. The molecular formula is C19H20N4O2. The SMILES string of the molecule is CCCCNc1nc2ccccc2n1Cc1cc(-c2ccco2)on1. The predicted molar refractivity (Wildman–Crippen MR) is 96.4 cm³/mol. The zero-order chi connectivity index (χ0) is 17.1. The van der Waals surface area contributed by atoms with Crippen molar-refractivity contribution >= 4 is 17.0 Å². The Labute approximate surface area is 145 Å². The number of nitrogens with zero attached hydrogens (tertiary/aromatic N) is 3. The van der Waals surface area contributed by atoms with Crippen molar-refractivity contribution in [2.45, 2.75) is 26.3 Å². The molecule has 0 bridgehead atoms. The summed E-state index contributed by atoms with van der Waals surface area (Å²) in [7, 11) is 0. The molecule has 6 nitrogen and oxygen atoms in total. The van der Waals surface area contributed by atoms with Gasteiger partial charge in [0.15, 0.2) is 5.76 Å². The first-order chi connectivity index (χ1) is 12.3. The second-order valence-electron chi connectivity index (χ2n) is 5.95. The van der Waals surface area contributed by atoms with E-state index in [2.05, 4.69) is 28.0 Å². The highest BCUT2D eigenvalue weighted by Gasteiger charge is 2.14. The third-order valence-corrected chi connectivity index (χ3v) is 4.11. The quantitative estimate of drug-likeness (QED) is 0.502. The summed E-state index contributed by atoms with van der Waals surface area (Å²) >= 11 is 0. The lowest BCUT2D eigenvalue weighted by Gasteiger charge is -2.08. The van der Waals surface area contributed by atoms with Crippen LogP contribution in [0.25, 0.3) is 22.6 Å². The van der Waals surface area contributed by atoms with Crippen LogP contribution in [0.4, 0.5) is 5.95 Å². The molecule has 0 fully saturated rings. The minimum atomic E-state index is 0.583. The van der Waals surface area contributed by atoms with E-state index < -0.39 is 0 Å². The van der Waals surface area contributed by atoms with E-state index in [0.717, 1.165) is 42.1 Å². The lowest BCUT2D eigenvalue weighted by atomic mass is 10.3. The first-order valence-electron chi connectivity index (χ1n) is 8.54. The molecule has 0 spiro atoms. The molecule has 128 valence electrons. The molecule has 0 saturated carbocycles. The third-order valence-electron chi connectivity index (χ3n) is 4.11. The molecule has 0 aliphatic carbocycles. The van der Waals surface area contributed by atoms with Crippen LogP contribution in [0.1, 0.15) is 25.5 Å². The van der Waals surface area contributed by atoms with Gasteiger partial charge in [0.1, 0.15) is 5.69 Å². The van der Waals surface area contributed by atoms with E-state index in [1.807, 2.05) is 36.4 Å². The van der Waals surface area contributed by atoms with Gasteiger partial charge in [-0.25, -0.2) is 4.98 Å². The van der Waals surface area contributed by atoms with Crippen LogP contribution in [0.15, 0.2) is 57.7 Å². The van der Waals surface area contributed by atoms with Crippen molar-refractivity contribution in [1.29, 1.82) is 0 Å². The van der Waals surface area contributed by atoms with Gasteiger partial charge in [0.25, 0.3) is 0 Å². The average molecular weight is 336 g/mol. The Morgan fingerprint density at radius 2 is 2.04 bits per heavy atom. The van der Waals surface area contributed by atoms with Gasteiger partial charge in [0.2, 0.25) is 11.7 Å². The molecular weight excluding hydrogens is 316 g/mol. The molecule has 0 aliphatic heterocycles. The number of para-hydroxylation sites is 2. The number of imidazole rings is 1. The minimum Gasteiger partial charge on any atom is -0.461 e. The van der Waals surface area contributed by atoms with E-state index in [-0.39, 0.29) is 0 Å². The molecule has 3 heterocycles. The summed E-state index contributed by atoms with van der Waals surface area (Å²) in [6, 6.07) is 13.7. The number of unbranched alkanes of at least 4 members (excludes halogenated alkanes) is 1. The molecule has 4 aromatic rings. The molecule has 1 N–H and O–H groups in total.